The van der Waals surface area contributed by atoms with Crippen molar-refractivity contribution in [3.63, 3.8) is 0 Å². The molecule has 1 heterocycles. The lowest BCUT2D eigenvalue weighted by Gasteiger charge is -2.30. The van der Waals surface area contributed by atoms with Gasteiger partial charge in [-0.3, -0.25) is 9.59 Å². The maximum atomic E-state index is 13.0. The lowest BCUT2D eigenvalue weighted by atomic mass is 9.71. The molecule has 2 unspecified atom stereocenters. The average molecular weight is 368 g/mol. The number of benzene rings is 2. The van der Waals surface area contributed by atoms with Crippen molar-refractivity contribution in [2.45, 2.75) is 25.7 Å². The van der Waals surface area contributed by atoms with Crippen LogP contribution in [-0.4, -0.2) is 30.3 Å². The molecule has 2 aromatic carbocycles. The molecule has 0 spiro atoms. The molecule has 0 amide bonds. The van der Waals surface area contributed by atoms with E-state index in [2.05, 4.69) is 0 Å². The van der Waals surface area contributed by atoms with E-state index in [-0.39, 0.29) is 6.79 Å². The molecule has 0 bridgehead atoms. The van der Waals surface area contributed by atoms with Crippen molar-refractivity contribution < 1.29 is 28.9 Å². The highest BCUT2D eigenvalue weighted by molar-refractivity contribution is 6.14. The number of carbonyl (C=O) groups excluding carboxylic acids is 1. The second kappa shape index (κ2) is 6.30. The van der Waals surface area contributed by atoms with Gasteiger partial charge in [-0.1, -0.05) is 26.0 Å². The van der Waals surface area contributed by atoms with Gasteiger partial charge in [0.05, 0.1) is 6.61 Å². The Morgan fingerprint density at radius 3 is 2.74 bits per heavy atom. The van der Waals surface area contributed by atoms with Crippen LogP contribution in [0.2, 0.25) is 0 Å². The monoisotopic (exact) mass is 368 g/mol. The van der Waals surface area contributed by atoms with Gasteiger partial charge in [0, 0.05) is 11.0 Å². The molecule has 1 N–H and O–H groups in total. The van der Waals surface area contributed by atoms with Gasteiger partial charge in [0.15, 0.2) is 17.3 Å². The van der Waals surface area contributed by atoms with E-state index in [9.17, 15) is 14.7 Å². The molecule has 0 saturated heterocycles. The summed E-state index contributed by atoms with van der Waals surface area (Å²) in [6.07, 6.45) is 0.845. The van der Waals surface area contributed by atoms with Crippen molar-refractivity contribution in [3.8, 4) is 17.2 Å². The second-order valence-corrected chi connectivity index (χ2v) is 6.96. The van der Waals surface area contributed by atoms with Crippen LogP contribution in [0.15, 0.2) is 36.4 Å². The molecule has 2 atom stereocenters. The van der Waals surface area contributed by atoms with Gasteiger partial charge in [-0.15, -0.1) is 0 Å². The summed E-state index contributed by atoms with van der Waals surface area (Å²) in [5.74, 6) is -1.02. The van der Waals surface area contributed by atoms with Crippen LogP contribution in [0.25, 0.3) is 0 Å². The van der Waals surface area contributed by atoms with Crippen molar-refractivity contribution in [2.75, 3.05) is 13.4 Å². The number of ketones is 1. The van der Waals surface area contributed by atoms with Crippen LogP contribution in [-0.2, 0) is 10.2 Å². The number of ether oxygens (including phenoxy) is 3. The van der Waals surface area contributed by atoms with Crippen molar-refractivity contribution in [1.29, 1.82) is 0 Å². The van der Waals surface area contributed by atoms with Crippen molar-refractivity contribution in [2.24, 2.45) is 5.92 Å². The molecule has 1 aliphatic carbocycles. The molecule has 0 aromatic heterocycles. The maximum absolute atomic E-state index is 13.0. The topological polar surface area (TPSA) is 82.1 Å². The van der Waals surface area contributed by atoms with Gasteiger partial charge in [0.25, 0.3) is 0 Å². The minimum atomic E-state index is -1.21. The molecule has 1 aliphatic heterocycles. The highest BCUT2D eigenvalue weighted by atomic mass is 16.7. The Morgan fingerprint density at radius 1 is 1.22 bits per heavy atom. The highest BCUT2D eigenvalue weighted by Gasteiger charge is 2.54. The van der Waals surface area contributed by atoms with Crippen LogP contribution in [0.3, 0.4) is 0 Å². The van der Waals surface area contributed by atoms with Gasteiger partial charge < -0.3 is 19.3 Å². The van der Waals surface area contributed by atoms with E-state index in [0.29, 0.717) is 40.5 Å². The summed E-state index contributed by atoms with van der Waals surface area (Å²) in [5.41, 5.74) is 0.773. The number of fused-ring (bicyclic) bond motifs is 2. The Bertz CT molecular complexity index is 934. The maximum Gasteiger partial charge on any atom is 0.315 e. The van der Waals surface area contributed by atoms with E-state index in [4.69, 9.17) is 14.2 Å². The number of aliphatic carboxylic acids is 1. The minimum absolute atomic E-state index is 0.130. The second-order valence-electron chi connectivity index (χ2n) is 6.96. The highest BCUT2D eigenvalue weighted by Crippen LogP contribution is 2.50. The third-order valence-corrected chi connectivity index (χ3v) is 5.35. The average Bonchev–Trinajstić information content (AvgIpc) is 3.21. The van der Waals surface area contributed by atoms with Gasteiger partial charge in [-0.2, -0.15) is 0 Å². The summed E-state index contributed by atoms with van der Waals surface area (Å²) in [7, 11) is 0. The molecule has 2 aromatic rings. The molecule has 6 nitrogen and oxygen atoms in total. The van der Waals surface area contributed by atoms with E-state index < -0.39 is 23.1 Å². The van der Waals surface area contributed by atoms with E-state index >= 15 is 0 Å². The van der Waals surface area contributed by atoms with E-state index in [1.54, 1.807) is 43.3 Å². The summed E-state index contributed by atoms with van der Waals surface area (Å²) in [4.78, 5) is 25.0. The molecule has 140 valence electrons. The number of carboxylic acid groups (broad SMARTS) is 1. The van der Waals surface area contributed by atoms with Gasteiger partial charge in [0.2, 0.25) is 6.79 Å². The van der Waals surface area contributed by atoms with Crippen LogP contribution >= 0.6 is 0 Å². The lowest BCUT2D eigenvalue weighted by molar-refractivity contribution is -0.141. The normalized spacial score (nSPS) is 22.6. The molecule has 0 fully saturated rings. The summed E-state index contributed by atoms with van der Waals surface area (Å²) in [6, 6.07) is 10.6. The third kappa shape index (κ3) is 2.55. The zero-order valence-electron chi connectivity index (χ0n) is 15.2. The summed E-state index contributed by atoms with van der Waals surface area (Å²) < 4.78 is 16.4. The Kier molecular flexibility index (Phi) is 4.06. The van der Waals surface area contributed by atoms with E-state index in [1.165, 1.54) is 0 Å². The standard InChI is InChI=1S/C21H20O6/c1-3-8-25-13-5-6-15-14(10-13)19(22)18(20(23)24)21(15,2)12-4-7-16-17(9-12)27-11-26-16/h4-7,9-10,18H,3,8,11H2,1-2H3,(H,23,24). The molecule has 6 heteroatoms. The van der Waals surface area contributed by atoms with Gasteiger partial charge in [0.1, 0.15) is 11.7 Å². The first-order chi connectivity index (χ1) is 13.0. The predicted octanol–water partition coefficient (Wildman–Crippen LogP) is 3.41. The van der Waals surface area contributed by atoms with Gasteiger partial charge in [-0.05, 0) is 41.8 Å². The summed E-state index contributed by atoms with van der Waals surface area (Å²) >= 11 is 0. The molecule has 4 rings (SSSR count). The van der Waals surface area contributed by atoms with Gasteiger partial charge >= 0.3 is 5.97 Å². The zero-order valence-corrected chi connectivity index (χ0v) is 15.2. The first-order valence-electron chi connectivity index (χ1n) is 8.91. The number of carboxylic acids is 1. The Labute approximate surface area is 156 Å². The van der Waals surface area contributed by atoms with Crippen molar-refractivity contribution in [1.82, 2.24) is 0 Å². The SMILES string of the molecule is CCCOc1ccc2c(c1)C(=O)C(C(=O)O)C2(C)c1ccc2c(c1)OCO2. The number of hydrogen-bond acceptors (Lipinski definition) is 5. The Hall–Kier alpha value is -3.02. The van der Waals surface area contributed by atoms with Crippen LogP contribution in [0.5, 0.6) is 17.2 Å². The lowest BCUT2D eigenvalue weighted by Crippen LogP contribution is -2.37. The largest absolute Gasteiger partial charge is 0.494 e. The fourth-order valence-corrected chi connectivity index (χ4v) is 3.96. The quantitative estimate of drug-likeness (QED) is 0.815. The molecule has 0 radical (unpaired) electrons. The Morgan fingerprint density at radius 2 is 2.00 bits per heavy atom. The predicted molar refractivity (Wildman–Crippen MR) is 96.7 cm³/mol. The number of rotatable bonds is 5. The van der Waals surface area contributed by atoms with Crippen LogP contribution < -0.4 is 14.2 Å². The van der Waals surface area contributed by atoms with Crippen LogP contribution in [0.4, 0.5) is 0 Å². The molecule has 0 saturated carbocycles. The molecule has 27 heavy (non-hydrogen) atoms. The molecular weight excluding hydrogens is 348 g/mol. The fourth-order valence-electron chi connectivity index (χ4n) is 3.96. The molecule has 2 aliphatic rings. The summed E-state index contributed by atoms with van der Waals surface area (Å²) in [5, 5.41) is 9.85. The molecular formula is C21H20O6. The Balaban J connectivity index is 1.86. The number of hydrogen-bond donors (Lipinski definition) is 1. The van der Waals surface area contributed by atoms with E-state index in [1.807, 2.05) is 6.92 Å². The fraction of sp³-hybridized carbons (Fsp3) is 0.333. The minimum Gasteiger partial charge on any atom is -0.494 e. The van der Waals surface area contributed by atoms with Gasteiger partial charge in [-0.25, -0.2) is 0 Å². The van der Waals surface area contributed by atoms with Crippen LogP contribution in [0, 0.1) is 5.92 Å². The van der Waals surface area contributed by atoms with Crippen molar-refractivity contribution in [3.05, 3.63) is 53.1 Å². The van der Waals surface area contributed by atoms with Crippen molar-refractivity contribution >= 4 is 11.8 Å². The first kappa shape index (κ1) is 17.4. The zero-order chi connectivity index (χ0) is 19.2. The summed E-state index contributed by atoms with van der Waals surface area (Å²) in [6.45, 7) is 4.45. The van der Waals surface area contributed by atoms with E-state index in [0.717, 1.165) is 6.42 Å². The van der Waals surface area contributed by atoms with Crippen LogP contribution in [0.1, 0.15) is 41.8 Å². The third-order valence-electron chi connectivity index (χ3n) is 5.35. The number of carbonyl (C=O) groups is 2. The smallest absolute Gasteiger partial charge is 0.315 e. The first-order valence-corrected chi connectivity index (χ1v) is 8.91. The number of Topliss-reactive ketones (excluding diaryl/α,β-unsaturated/α-hetero) is 1.